The zero-order valence-electron chi connectivity index (χ0n) is 44.8. The van der Waals surface area contributed by atoms with Crippen molar-refractivity contribution < 1.29 is 32.9 Å². The van der Waals surface area contributed by atoms with E-state index in [2.05, 4.69) is 129 Å². The Hall–Kier alpha value is -3.10. The summed E-state index contributed by atoms with van der Waals surface area (Å²) in [4.78, 5) is 23.2. The summed E-state index contributed by atoms with van der Waals surface area (Å²) in [5, 5.41) is 13.8. The van der Waals surface area contributed by atoms with Crippen molar-refractivity contribution in [1.29, 1.82) is 0 Å². The first-order valence-corrected chi connectivity index (χ1v) is 28.9. The monoisotopic (exact) mass is 980 g/mol. The smallest absolute Gasteiger partial charge is 0.387 e. The number of hydrogen-bond acceptors (Lipinski definition) is 5. The van der Waals surface area contributed by atoms with Gasteiger partial charge in [0.25, 0.3) is 0 Å². The van der Waals surface area contributed by atoms with E-state index in [0.717, 1.165) is 96.3 Å². The predicted molar refractivity (Wildman–Crippen MR) is 299 cm³/mol. The van der Waals surface area contributed by atoms with Crippen LogP contribution in [0.5, 0.6) is 0 Å². The van der Waals surface area contributed by atoms with Crippen LogP contribution < -0.4 is 5.32 Å². The summed E-state index contributed by atoms with van der Waals surface area (Å²) in [6.45, 7) is 4.60. The van der Waals surface area contributed by atoms with Gasteiger partial charge in [-0.05, 0) is 96.3 Å². The van der Waals surface area contributed by atoms with Gasteiger partial charge < -0.3 is 19.8 Å². The number of unbranched alkanes of at least 4 members (excludes halogenated alkanes) is 17. The first-order valence-electron chi connectivity index (χ1n) is 27.4. The van der Waals surface area contributed by atoms with E-state index >= 15 is 0 Å². The van der Waals surface area contributed by atoms with Crippen molar-refractivity contribution in [2.75, 3.05) is 40.9 Å². The molecular weight excluding hydrogens is 876 g/mol. The number of nitrogens with zero attached hydrogens (tertiary/aromatic N) is 1. The Morgan fingerprint density at radius 3 is 1.33 bits per heavy atom. The normalized spacial score (nSPS) is 14.9. The summed E-state index contributed by atoms with van der Waals surface area (Å²) in [5.74, 6) is -0.199. The van der Waals surface area contributed by atoms with E-state index in [4.69, 9.17) is 9.05 Å². The van der Waals surface area contributed by atoms with Crippen molar-refractivity contribution in [3.05, 3.63) is 122 Å². The van der Waals surface area contributed by atoms with Crippen molar-refractivity contribution >= 4 is 13.7 Å². The lowest BCUT2D eigenvalue weighted by Crippen LogP contribution is -2.45. The molecule has 69 heavy (non-hydrogen) atoms. The third kappa shape index (κ3) is 52.6. The fourth-order valence-corrected chi connectivity index (χ4v) is 7.83. The van der Waals surface area contributed by atoms with Gasteiger partial charge in [-0.2, -0.15) is 0 Å². The van der Waals surface area contributed by atoms with Crippen LogP contribution in [0.2, 0.25) is 0 Å². The number of amides is 1. The van der Waals surface area contributed by atoms with Gasteiger partial charge in [-0.1, -0.05) is 219 Å². The molecule has 0 saturated carbocycles. The predicted octanol–water partition coefficient (Wildman–Crippen LogP) is 16.6. The van der Waals surface area contributed by atoms with Gasteiger partial charge in [0.15, 0.2) is 0 Å². The van der Waals surface area contributed by atoms with Gasteiger partial charge in [-0.25, -0.2) is 4.57 Å². The van der Waals surface area contributed by atoms with E-state index in [1.54, 1.807) is 6.08 Å². The Labute approximate surface area is 424 Å². The minimum Gasteiger partial charge on any atom is -0.387 e. The summed E-state index contributed by atoms with van der Waals surface area (Å²) in [7, 11) is 1.53. The molecule has 0 radical (unpaired) electrons. The number of rotatable bonds is 48. The highest BCUT2D eigenvalue weighted by atomic mass is 31.2. The number of aliphatic hydroxyl groups excluding tert-OH is 1. The van der Waals surface area contributed by atoms with Gasteiger partial charge in [-0.3, -0.25) is 13.8 Å². The second-order valence-corrected chi connectivity index (χ2v) is 20.7. The topological polar surface area (TPSA) is 105 Å². The van der Waals surface area contributed by atoms with Crippen molar-refractivity contribution in [3.63, 3.8) is 0 Å². The molecule has 3 atom stereocenters. The second kappa shape index (κ2) is 49.9. The number of carbonyl (C=O) groups is 1. The van der Waals surface area contributed by atoms with Crippen molar-refractivity contribution in [1.82, 2.24) is 5.32 Å². The van der Waals surface area contributed by atoms with E-state index in [9.17, 15) is 19.4 Å². The summed E-state index contributed by atoms with van der Waals surface area (Å²) >= 11 is 0. The molecule has 0 aliphatic carbocycles. The molecule has 0 aromatic rings. The molecule has 1 amide bonds. The standard InChI is InChI=1S/C60H103N2O6P/c1-6-8-10-12-14-16-18-20-21-22-23-24-25-26-27-28-29-30-31-32-33-34-35-36-37-38-39-40-41-42-44-46-48-50-52-54-60(64)61-58(57-68-69(65,66)67-56-55-62(3,4)5)59(63)53-51-49-47-45-43-19-17-15-13-11-9-7-2/h8,10,13-16,20-21,23-24,26-27,29-30,32-33,43,45,51,53,58-59,63H,6-7,9,11-12,17-19,22,25,28,31,34-42,44,46-50,52,54-57H2,1-5H3,(H-,61,64,65,66)/p+1/b10-8-,15-13+,16-14-,21-20-,24-23-,27-26-,30-29-,33-32-,45-43+,53-51+. The van der Waals surface area contributed by atoms with Crippen LogP contribution >= 0.6 is 7.82 Å². The molecule has 0 saturated heterocycles. The Morgan fingerprint density at radius 1 is 0.507 bits per heavy atom. The Kier molecular flexibility index (Phi) is 47.6. The quantitative estimate of drug-likeness (QED) is 0.0243. The van der Waals surface area contributed by atoms with Crippen molar-refractivity contribution in [3.8, 4) is 0 Å². The molecule has 0 rings (SSSR count). The van der Waals surface area contributed by atoms with Crippen LogP contribution in [0, 0.1) is 0 Å². The Bertz CT molecular complexity index is 1530. The number of likely N-dealkylation sites (N-methyl/N-ethyl adjacent to an activating group) is 1. The van der Waals surface area contributed by atoms with Gasteiger partial charge in [-0.15, -0.1) is 0 Å². The summed E-state index contributed by atoms with van der Waals surface area (Å²) in [6.07, 6.45) is 74.5. The summed E-state index contributed by atoms with van der Waals surface area (Å²) < 4.78 is 23.6. The number of nitrogens with one attached hydrogen (secondary N) is 1. The van der Waals surface area contributed by atoms with Crippen LogP contribution in [0.3, 0.4) is 0 Å². The molecule has 3 N–H and O–H groups in total. The number of hydrogen-bond donors (Lipinski definition) is 3. The number of carbonyl (C=O) groups excluding carboxylic acids is 1. The number of aliphatic hydroxyl groups is 1. The Morgan fingerprint density at radius 2 is 0.884 bits per heavy atom. The van der Waals surface area contributed by atoms with Crippen molar-refractivity contribution in [2.45, 2.75) is 212 Å². The lowest BCUT2D eigenvalue weighted by molar-refractivity contribution is -0.870. The molecule has 0 aliphatic heterocycles. The van der Waals surface area contributed by atoms with E-state index in [1.165, 1.54) is 83.5 Å². The lowest BCUT2D eigenvalue weighted by atomic mass is 10.0. The zero-order chi connectivity index (χ0) is 50.6. The highest BCUT2D eigenvalue weighted by Gasteiger charge is 2.27. The van der Waals surface area contributed by atoms with Crippen LogP contribution in [0.4, 0.5) is 0 Å². The third-order valence-corrected chi connectivity index (χ3v) is 12.4. The molecule has 0 aliphatic rings. The van der Waals surface area contributed by atoms with Gasteiger partial charge in [0.1, 0.15) is 13.2 Å². The average Bonchev–Trinajstić information content (AvgIpc) is 3.31. The number of phosphoric acid groups is 1. The maximum absolute atomic E-state index is 12.9. The number of phosphoric ester groups is 1. The molecule has 9 heteroatoms. The maximum atomic E-state index is 12.9. The lowest BCUT2D eigenvalue weighted by Gasteiger charge is -2.25. The highest BCUT2D eigenvalue weighted by Crippen LogP contribution is 2.43. The molecule has 0 spiro atoms. The van der Waals surface area contributed by atoms with Crippen molar-refractivity contribution in [2.24, 2.45) is 0 Å². The molecule has 3 unspecified atom stereocenters. The fourth-order valence-electron chi connectivity index (χ4n) is 7.10. The van der Waals surface area contributed by atoms with E-state index in [-0.39, 0.29) is 19.1 Å². The maximum Gasteiger partial charge on any atom is 0.472 e. The fraction of sp³-hybridized carbons (Fsp3) is 0.650. The molecule has 0 heterocycles. The molecule has 8 nitrogen and oxygen atoms in total. The van der Waals surface area contributed by atoms with Crippen LogP contribution in [0.15, 0.2) is 122 Å². The minimum absolute atomic E-state index is 0.0478. The third-order valence-electron chi connectivity index (χ3n) is 11.4. The molecule has 0 bridgehead atoms. The first kappa shape index (κ1) is 65.9. The van der Waals surface area contributed by atoms with Crippen LogP contribution in [-0.4, -0.2) is 73.4 Å². The van der Waals surface area contributed by atoms with Gasteiger partial charge in [0.2, 0.25) is 5.91 Å². The molecule has 0 aromatic heterocycles. The van der Waals surface area contributed by atoms with Crippen LogP contribution in [0.25, 0.3) is 0 Å². The minimum atomic E-state index is -4.36. The molecular formula is C60H104N2O6P+. The largest absolute Gasteiger partial charge is 0.472 e. The van der Waals surface area contributed by atoms with E-state index in [0.29, 0.717) is 17.4 Å². The zero-order valence-corrected chi connectivity index (χ0v) is 45.6. The summed E-state index contributed by atoms with van der Waals surface area (Å²) in [6, 6.07) is -0.876. The highest BCUT2D eigenvalue weighted by molar-refractivity contribution is 7.47. The average molecular weight is 980 g/mol. The van der Waals surface area contributed by atoms with Gasteiger partial charge in [0.05, 0.1) is 39.9 Å². The van der Waals surface area contributed by atoms with Crippen LogP contribution in [-0.2, 0) is 18.4 Å². The molecule has 394 valence electrons. The molecule has 0 aromatic carbocycles. The number of allylic oxidation sites excluding steroid dienone is 19. The number of quaternary nitrogens is 1. The summed E-state index contributed by atoms with van der Waals surface area (Å²) in [5.41, 5.74) is 0. The first-order chi connectivity index (χ1) is 33.5. The SMILES string of the molecule is CC/C=C\C/C=C\C/C=C\C/C=C\C/C=C\C/C=C\C/C=C\CCCCCCCCCCCCCCCC(=O)NC(COP(=O)(O)OCC[N+](C)(C)C)C(O)/C=C/CC/C=C/CC/C=C/CCCC. The van der Waals surface area contributed by atoms with Gasteiger partial charge >= 0.3 is 7.82 Å². The van der Waals surface area contributed by atoms with Crippen LogP contribution in [0.1, 0.15) is 200 Å². The van der Waals surface area contributed by atoms with E-state index in [1.807, 2.05) is 27.2 Å². The van der Waals surface area contributed by atoms with Gasteiger partial charge in [0, 0.05) is 6.42 Å². The second-order valence-electron chi connectivity index (χ2n) is 19.2. The Balaban J connectivity index is 4.11. The van der Waals surface area contributed by atoms with E-state index < -0.39 is 20.0 Å². The molecule has 0 fully saturated rings.